The quantitative estimate of drug-likeness (QED) is 0.868. The van der Waals surface area contributed by atoms with E-state index in [0.29, 0.717) is 28.6 Å². The van der Waals surface area contributed by atoms with E-state index in [2.05, 4.69) is 58.0 Å². The summed E-state index contributed by atoms with van der Waals surface area (Å²) in [5, 5.41) is 7.25. The molecule has 2 aromatic heterocycles. The first-order valence-corrected chi connectivity index (χ1v) is 6.93. The molecule has 1 fully saturated rings. The van der Waals surface area contributed by atoms with Crippen molar-refractivity contribution in [2.24, 2.45) is 16.7 Å². The fraction of sp³-hybridized carbons (Fsp3) is 0.615. The van der Waals surface area contributed by atoms with E-state index in [9.17, 15) is 0 Å². The van der Waals surface area contributed by atoms with Gasteiger partial charge in [-0.15, -0.1) is 0 Å². The largest absolute Gasteiger partial charge is 0.368 e. The van der Waals surface area contributed by atoms with Crippen molar-refractivity contribution in [3.63, 3.8) is 0 Å². The summed E-state index contributed by atoms with van der Waals surface area (Å²) in [6.07, 6.45) is 2.94. The minimum absolute atomic E-state index is 0.160. The van der Waals surface area contributed by atoms with E-state index in [4.69, 9.17) is 5.73 Å². The van der Waals surface area contributed by atoms with Gasteiger partial charge in [0.25, 0.3) is 5.95 Å². The van der Waals surface area contributed by atoms with Crippen LogP contribution in [0.25, 0.3) is 5.95 Å². The van der Waals surface area contributed by atoms with E-state index in [1.165, 1.54) is 17.3 Å². The van der Waals surface area contributed by atoms with E-state index in [-0.39, 0.29) is 5.95 Å². The molecule has 0 radical (unpaired) electrons. The number of nitrogens with zero attached hydrogens (tertiary/aromatic N) is 6. The van der Waals surface area contributed by atoms with E-state index < -0.39 is 0 Å². The first kappa shape index (κ1) is 13.7. The maximum atomic E-state index is 5.73. The highest BCUT2D eigenvalue weighted by molar-refractivity contribution is 5.35. The van der Waals surface area contributed by atoms with Crippen LogP contribution < -0.4 is 11.1 Å². The van der Waals surface area contributed by atoms with Gasteiger partial charge in [-0.2, -0.15) is 24.7 Å². The number of nitrogen functional groups attached to an aromatic ring is 1. The monoisotopic (exact) mass is 288 g/mol. The Balaban J connectivity index is 1.75. The van der Waals surface area contributed by atoms with Crippen molar-refractivity contribution in [3.8, 4) is 5.95 Å². The Morgan fingerprint density at radius 3 is 2.48 bits per heavy atom. The minimum Gasteiger partial charge on any atom is -0.368 e. The molecule has 1 saturated carbocycles. The zero-order valence-corrected chi connectivity index (χ0v) is 12.7. The number of hydrogen-bond donors (Lipinski definition) is 2. The predicted octanol–water partition coefficient (Wildman–Crippen LogP) is 1.13. The summed E-state index contributed by atoms with van der Waals surface area (Å²) in [5.41, 5.74) is 6.36. The van der Waals surface area contributed by atoms with Crippen molar-refractivity contribution >= 4 is 11.9 Å². The smallest absolute Gasteiger partial charge is 0.258 e. The average molecular weight is 288 g/mol. The fourth-order valence-corrected chi connectivity index (χ4v) is 2.91. The average Bonchev–Trinajstić information content (AvgIpc) is 2.80. The molecular weight excluding hydrogens is 268 g/mol. The van der Waals surface area contributed by atoms with Crippen LogP contribution in [-0.4, -0.2) is 36.3 Å². The van der Waals surface area contributed by atoms with Crippen LogP contribution in [0, 0.1) is 16.7 Å². The van der Waals surface area contributed by atoms with E-state index in [1.807, 2.05) is 0 Å². The molecule has 0 saturated heterocycles. The van der Waals surface area contributed by atoms with Gasteiger partial charge in [-0.1, -0.05) is 27.7 Å². The van der Waals surface area contributed by atoms with E-state index >= 15 is 0 Å². The van der Waals surface area contributed by atoms with Crippen LogP contribution in [-0.2, 0) is 0 Å². The Bertz CT molecular complexity index is 632. The zero-order chi connectivity index (χ0) is 15.3. The zero-order valence-electron chi connectivity index (χ0n) is 12.7. The summed E-state index contributed by atoms with van der Waals surface area (Å²) in [4.78, 5) is 16.4. The second-order valence-electron chi connectivity index (χ2n) is 6.53. The Morgan fingerprint density at radius 2 is 1.90 bits per heavy atom. The third-order valence-electron chi connectivity index (χ3n) is 5.05. The summed E-state index contributed by atoms with van der Waals surface area (Å²) in [6.45, 7) is 9.92. The number of hydrogen-bond acceptors (Lipinski definition) is 7. The number of rotatable bonds is 4. The van der Waals surface area contributed by atoms with Gasteiger partial charge in [0.15, 0.2) is 0 Å². The van der Waals surface area contributed by atoms with Crippen LogP contribution >= 0.6 is 0 Å². The Hall–Kier alpha value is -2.25. The van der Waals surface area contributed by atoms with Gasteiger partial charge < -0.3 is 11.1 Å². The molecule has 1 aliphatic rings. The van der Waals surface area contributed by atoms with Crippen molar-refractivity contribution in [1.29, 1.82) is 0 Å². The lowest BCUT2D eigenvalue weighted by Gasteiger charge is -2.08. The highest BCUT2D eigenvalue weighted by Crippen LogP contribution is 2.68. The molecule has 3 N–H and O–H groups in total. The summed E-state index contributed by atoms with van der Waals surface area (Å²) in [7, 11) is 0. The number of anilines is 2. The second-order valence-corrected chi connectivity index (χ2v) is 6.53. The van der Waals surface area contributed by atoms with Crippen LogP contribution in [0.1, 0.15) is 27.7 Å². The lowest BCUT2D eigenvalue weighted by Crippen LogP contribution is -2.14. The topological polar surface area (TPSA) is 107 Å². The van der Waals surface area contributed by atoms with Crippen molar-refractivity contribution in [2.75, 3.05) is 17.6 Å². The fourth-order valence-electron chi connectivity index (χ4n) is 2.91. The van der Waals surface area contributed by atoms with Crippen LogP contribution in [0.3, 0.4) is 0 Å². The Labute approximate surface area is 123 Å². The summed E-state index contributed by atoms with van der Waals surface area (Å²) >= 11 is 0. The molecule has 0 unspecified atom stereocenters. The van der Waals surface area contributed by atoms with Crippen LogP contribution in [0.2, 0.25) is 0 Å². The third-order valence-corrected chi connectivity index (χ3v) is 5.05. The highest BCUT2D eigenvalue weighted by atomic mass is 15.4. The predicted molar refractivity (Wildman–Crippen MR) is 78.7 cm³/mol. The molecule has 21 heavy (non-hydrogen) atoms. The molecule has 0 atom stereocenters. The van der Waals surface area contributed by atoms with Crippen molar-refractivity contribution in [1.82, 2.24) is 29.7 Å². The molecule has 8 nitrogen and oxygen atoms in total. The van der Waals surface area contributed by atoms with Crippen LogP contribution in [0.15, 0.2) is 12.7 Å². The van der Waals surface area contributed by atoms with Gasteiger partial charge in [-0.05, 0) is 16.7 Å². The minimum atomic E-state index is 0.160. The van der Waals surface area contributed by atoms with Crippen LogP contribution in [0.5, 0.6) is 0 Å². The van der Waals surface area contributed by atoms with Gasteiger partial charge >= 0.3 is 0 Å². The van der Waals surface area contributed by atoms with Gasteiger partial charge in [0.1, 0.15) is 12.7 Å². The molecule has 3 rings (SSSR count). The lowest BCUT2D eigenvalue weighted by atomic mass is 10.0. The summed E-state index contributed by atoms with van der Waals surface area (Å²) < 4.78 is 1.45. The van der Waals surface area contributed by atoms with Gasteiger partial charge in [0.2, 0.25) is 11.9 Å². The van der Waals surface area contributed by atoms with E-state index in [1.54, 1.807) is 0 Å². The molecule has 0 spiro atoms. The SMILES string of the molecule is CC1(C)C(CNc2nc(N)nc(-n3cncn3)n2)C1(C)C. The molecular formula is C13H20N8. The molecule has 0 aliphatic heterocycles. The molecule has 1 aliphatic carbocycles. The van der Waals surface area contributed by atoms with Crippen LogP contribution in [0.4, 0.5) is 11.9 Å². The molecule has 0 aromatic carbocycles. The summed E-state index contributed by atoms with van der Waals surface area (Å²) in [6, 6.07) is 0. The summed E-state index contributed by atoms with van der Waals surface area (Å²) in [5.74, 6) is 1.55. The highest BCUT2D eigenvalue weighted by Gasteiger charge is 2.64. The molecule has 0 amide bonds. The molecule has 0 bridgehead atoms. The first-order chi connectivity index (χ1) is 9.82. The number of aromatic nitrogens is 6. The standard InChI is InChI=1S/C13H20N8/c1-12(2)8(13(12,3)4)5-16-10-18-9(14)19-11(20-10)21-7-15-6-17-21/h6-8H,5H2,1-4H3,(H3,14,16,18,19,20). The number of nitrogens with two attached hydrogens (primary N) is 1. The Morgan fingerprint density at radius 1 is 1.19 bits per heavy atom. The maximum absolute atomic E-state index is 5.73. The van der Waals surface area contributed by atoms with Gasteiger partial charge in [0, 0.05) is 6.54 Å². The van der Waals surface area contributed by atoms with Gasteiger partial charge in [0.05, 0.1) is 0 Å². The maximum Gasteiger partial charge on any atom is 0.258 e. The Kier molecular flexibility index (Phi) is 2.86. The molecule has 2 heterocycles. The third kappa shape index (κ3) is 2.20. The molecule has 8 heteroatoms. The van der Waals surface area contributed by atoms with E-state index in [0.717, 1.165) is 6.54 Å². The normalized spacial score (nSPS) is 19.4. The number of nitrogens with one attached hydrogen (secondary N) is 1. The van der Waals surface area contributed by atoms with Crippen molar-refractivity contribution < 1.29 is 0 Å². The molecule has 2 aromatic rings. The lowest BCUT2D eigenvalue weighted by molar-refractivity contribution is 0.457. The molecule has 112 valence electrons. The van der Waals surface area contributed by atoms with Crippen molar-refractivity contribution in [2.45, 2.75) is 27.7 Å². The first-order valence-electron chi connectivity index (χ1n) is 6.93. The second kappa shape index (κ2) is 4.37. The van der Waals surface area contributed by atoms with Gasteiger partial charge in [-0.3, -0.25) is 0 Å². The van der Waals surface area contributed by atoms with Crippen molar-refractivity contribution in [3.05, 3.63) is 12.7 Å². The van der Waals surface area contributed by atoms with Gasteiger partial charge in [-0.25, -0.2) is 4.98 Å².